The van der Waals surface area contributed by atoms with E-state index in [1.54, 1.807) is 12.1 Å². The molecule has 0 spiro atoms. The Morgan fingerprint density at radius 2 is 1.63 bits per heavy atom. The van der Waals surface area contributed by atoms with E-state index in [0.717, 1.165) is 24.0 Å². The van der Waals surface area contributed by atoms with Crippen LogP contribution >= 0.6 is 0 Å². The largest absolute Gasteiger partial charge is 0.452 e. The highest BCUT2D eigenvalue weighted by Crippen LogP contribution is 2.29. The Balaban J connectivity index is 1.51. The smallest absolute Gasteiger partial charge is 0.338 e. The van der Waals surface area contributed by atoms with Crippen LogP contribution in [-0.2, 0) is 9.53 Å². The lowest BCUT2D eigenvalue weighted by Crippen LogP contribution is -2.45. The molecule has 0 aromatic heterocycles. The van der Waals surface area contributed by atoms with Crippen LogP contribution in [0, 0.1) is 11.8 Å². The van der Waals surface area contributed by atoms with Crippen LogP contribution in [0.4, 0.5) is 0 Å². The third-order valence-corrected chi connectivity index (χ3v) is 5.62. The molecular weight excluding hydrogens is 338 g/mol. The molecule has 1 aliphatic carbocycles. The number of esters is 1. The average Bonchev–Trinajstić information content (AvgIpc) is 2.70. The highest BCUT2D eigenvalue weighted by molar-refractivity contribution is 5.91. The van der Waals surface area contributed by atoms with Gasteiger partial charge in [-0.2, -0.15) is 0 Å². The third-order valence-electron chi connectivity index (χ3n) is 5.62. The molecule has 0 radical (unpaired) electrons. The predicted octanol–water partition coefficient (Wildman–Crippen LogP) is 4.45. The summed E-state index contributed by atoms with van der Waals surface area (Å²) in [5.41, 5.74) is 2.57. The molecule has 3 unspecified atom stereocenters. The Hall–Kier alpha value is -2.62. The molecule has 4 nitrogen and oxygen atoms in total. The molecule has 0 heterocycles. The van der Waals surface area contributed by atoms with E-state index in [0.29, 0.717) is 17.4 Å². The van der Waals surface area contributed by atoms with Gasteiger partial charge < -0.3 is 10.1 Å². The van der Waals surface area contributed by atoms with Crippen molar-refractivity contribution in [3.63, 3.8) is 0 Å². The minimum Gasteiger partial charge on any atom is -0.452 e. The highest BCUT2D eigenvalue weighted by atomic mass is 16.5. The van der Waals surface area contributed by atoms with Gasteiger partial charge in [0.25, 0.3) is 5.91 Å². The molecule has 1 amide bonds. The van der Waals surface area contributed by atoms with Crippen LogP contribution < -0.4 is 5.32 Å². The Bertz CT molecular complexity index is 770. The summed E-state index contributed by atoms with van der Waals surface area (Å²) in [6, 6.07) is 17.4. The second-order valence-electron chi connectivity index (χ2n) is 7.46. The Morgan fingerprint density at radius 3 is 2.33 bits per heavy atom. The van der Waals surface area contributed by atoms with Gasteiger partial charge in [-0.05, 0) is 41.5 Å². The van der Waals surface area contributed by atoms with Crippen LogP contribution in [0.5, 0.6) is 0 Å². The Morgan fingerprint density at radius 1 is 0.963 bits per heavy atom. The number of carbonyl (C=O) groups excluding carboxylic acids is 2. The van der Waals surface area contributed by atoms with Crippen LogP contribution in [0.3, 0.4) is 0 Å². The van der Waals surface area contributed by atoms with Crippen LogP contribution in [-0.4, -0.2) is 24.5 Å². The number of hydrogen-bond donors (Lipinski definition) is 1. The summed E-state index contributed by atoms with van der Waals surface area (Å²) in [4.78, 5) is 24.4. The minimum atomic E-state index is -0.477. The standard InChI is InChI=1S/C23H27NO3/c1-16-7-6-10-21(17(16)2)24-22(25)15-27-23(26)20-13-11-19(12-14-20)18-8-4-3-5-9-18/h3-5,8-9,11-14,16-17,21H,6-7,10,15H2,1-2H3,(H,24,25). The Kier molecular flexibility index (Phi) is 6.28. The van der Waals surface area contributed by atoms with Gasteiger partial charge in [-0.3, -0.25) is 4.79 Å². The van der Waals surface area contributed by atoms with Crippen LogP contribution in [0.25, 0.3) is 11.1 Å². The van der Waals surface area contributed by atoms with Gasteiger partial charge >= 0.3 is 5.97 Å². The van der Waals surface area contributed by atoms with Crippen molar-refractivity contribution in [2.24, 2.45) is 11.8 Å². The SMILES string of the molecule is CC1CCCC(NC(=O)COC(=O)c2ccc(-c3ccccc3)cc2)C1C. The summed E-state index contributed by atoms with van der Waals surface area (Å²) in [5, 5.41) is 3.02. The van der Waals surface area contributed by atoms with E-state index in [2.05, 4.69) is 19.2 Å². The number of ether oxygens (including phenoxy) is 1. The number of carbonyl (C=O) groups is 2. The van der Waals surface area contributed by atoms with Crippen LogP contribution in [0.1, 0.15) is 43.5 Å². The first-order valence-electron chi connectivity index (χ1n) is 9.66. The number of amides is 1. The van der Waals surface area contributed by atoms with Crippen molar-refractivity contribution >= 4 is 11.9 Å². The average molecular weight is 365 g/mol. The molecular formula is C23H27NO3. The fourth-order valence-corrected chi connectivity index (χ4v) is 3.68. The molecule has 2 aromatic carbocycles. The molecule has 0 aliphatic heterocycles. The minimum absolute atomic E-state index is 0.171. The monoisotopic (exact) mass is 365 g/mol. The van der Waals surface area contributed by atoms with Gasteiger partial charge in [-0.15, -0.1) is 0 Å². The molecule has 142 valence electrons. The van der Waals surface area contributed by atoms with Crippen molar-refractivity contribution in [2.75, 3.05) is 6.61 Å². The highest BCUT2D eigenvalue weighted by Gasteiger charge is 2.28. The lowest BCUT2D eigenvalue weighted by molar-refractivity contribution is -0.125. The van der Waals surface area contributed by atoms with E-state index in [9.17, 15) is 9.59 Å². The summed E-state index contributed by atoms with van der Waals surface area (Å²) < 4.78 is 5.19. The first kappa shape index (κ1) is 19.2. The molecule has 4 heteroatoms. The maximum Gasteiger partial charge on any atom is 0.338 e. The molecule has 0 bridgehead atoms. The molecule has 3 atom stereocenters. The maximum absolute atomic E-state index is 12.2. The van der Waals surface area contributed by atoms with Crippen molar-refractivity contribution < 1.29 is 14.3 Å². The Labute approximate surface area is 160 Å². The van der Waals surface area contributed by atoms with Crippen molar-refractivity contribution in [2.45, 2.75) is 39.2 Å². The first-order chi connectivity index (χ1) is 13.0. The van der Waals surface area contributed by atoms with Crippen molar-refractivity contribution in [3.8, 4) is 11.1 Å². The van der Waals surface area contributed by atoms with Crippen LogP contribution in [0.2, 0.25) is 0 Å². The van der Waals surface area contributed by atoms with Gasteiger partial charge in [0.15, 0.2) is 6.61 Å². The lowest BCUT2D eigenvalue weighted by atomic mass is 9.78. The van der Waals surface area contributed by atoms with Crippen molar-refractivity contribution in [3.05, 3.63) is 60.2 Å². The normalized spacial score (nSPS) is 22.1. The molecule has 2 aromatic rings. The van der Waals surface area contributed by atoms with E-state index >= 15 is 0 Å². The number of hydrogen-bond acceptors (Lipinski definition) is 3. The zero-order valence-corrected chi connectivity index (χ0v) is 16.0. The number of rotatable bonds is 5. The predicted molar refractivity (Wildman–Crippen MR) is 106 cm³/mol. The second-order valence-corrected chi connectivity index (χ2v) is 7.46. The van der Waals surface area contributed by atoms with Crippen molar-refractivity contribution in [1.82, 2.24) is 5.32 Å². The van der Waals surface area contributed by atoms with Gasteiger partial charge in [-0.25, -0.2) is 4.79 Å². The van der Waals surface area contributed by atoms with Gasteiger partial charge in [0.05, 0.1) is 5.56 Å². The van der Waals surface area contributed by atoms with Crippen molar-refractivity contribution in [1.29, 1.82) is 0 Å². The van der Waals surface area contributed by atoms with E-state index in [1.807, 2.05) is 42.5 Å². The lowest BCUT2D eigenvalue weighted by Gasteiger charge is -2.34. The maximum atomic E-state index is 12.2. The zero-order chi connectivity index (χ0) is 19.2. The topological polar surface area (TPSA) is 55.4 Å². The van der Waals surface area contributed by atoms with E-state index < -0.39 is 5.97 Å². The van der Waals surface area contributed by atoms with E-state index in [-0.39, 0.29) is 18.6 Å². The zero-order valence-electron chi connectivity index (χ0n) is 16.0. The van der Waals surface area contributed by atoms with Gasteiger partial charge in [-0.1, -0.05) is 69.2 Å². The van der Waals surface area contributed by atoms with Gasteiger partial charge in [0.2, 0.25) is 0 Å². The summed E-state index contributed by atoms with van der Waals surface area (Å²) in [5.74, 6) is 0.351. The van der Waals surface area contributed by atoms with Gasteiger partial charge in [0.1, 0.15) is 0 Å². The fourth-order valence-electron chi connectivity index (χ4n) is 3.68. The molecule has 1 saturated carbocycles. The van der Waals surface area contributed by atoms with E-state index in [1.165, 1.54) is 6.42 Å². The molecule has 1 aliphatic rings. The molecule has 0 saturated heterocycles. The fraction of sp³-hybridized carbons (Fsp3) is 0.391. The van der Waals surface area contributed by atoms with Crippen LogP contribution in [0.15, 0.2) is 54.6 Å². The number of nitrogens with one attached hydrogen (secondary N) is 1. The second kappa shape index (κ2) is 8.85. The quantitative estimate of drug-likeness (QED) is 0.797. The summed E-state index contributed by atoms with van der Waals surface area (Å²) in [6.45, 7) is 4.16. The first-order valence-corrected chi connectivity index (χ1v) is 9.66. The van der Waals surface area contributed by atoms with Gasteiger partial charge in [0, 0.05) is 6.04 Å². The molecule has 1 fully saturated rings. The molecule has 3 rings (SSSR count). The molecule has 1 N–H and O–H groups in total. The summed E-state index contributed by atoms with van der Waals surface area (Å²) in [7, 11) is 0. The third kappa shape index (κ3) is 4.97. The van der Waals surface area contributed by atoms with E-state index in [4.69, 9.17) is 4.74 Å². The summed E-state index contributed by atoms with van der Waals surface area (Å²) in [6.07, 6.45) is 3.33. The molecule has 27 heavy (non-hydrogen) atoms. The summed E-state index contributed by atoms with van der Waals surface area (Å²) >= 11 is 0. The number of benzene rings is 2.